The van der Waals surface area contributed by atoms with Crippen LogP contribution >= 0.6 is 0 Å². The molecule has 112 valence electrons. The summed E-state index contributed by atoms with van der Waals surface area (Å²) in [7, 11) is -3.48. The van der Waals surface area contributed by atoms with E-state index in [1.165, 1.54) is 6.07 Å². The van der Waals surface area contributed by atoms with Crippen molar-refractivity contribution < 1.29 is 13.2 Å². The molecule has 0 unspecified atom stereocenters. The number of aryl methyl sites for hydroxylation is 1. The molecule has 20 heavy (non-hydrogen) atoms. The fraction of sp³-hybridized carbons (Fsp3) is 0.571. The summed E-state index contributed by atoms with van der Waals surface area (Å²) in [5.74, 6) is 0. The van der Waals surface area contributed by atoms with E-state index in [9.17, 15) is 8.42 Å². The molecular weight excluding hydrogens is 276 g/mol. The number of ether oxygens (including phenoxy) is 1. The van der Waals surface area contributed by atoms with E-state index in [1.807, 2.05) is 0 Å². The Morgan fingerprint density at radius 3 is 2.60 bits per heavy atom. The maximum absolute atomic E-state index is 12.3. The van der Waals surface area contributed by atoms with Crippen LogP contribution in [-0.4, -0.2) is 28.2 Å². The standard InChI is InChI=1S/C14H22N2O3S/c1-11-9-12(3-4-13(11)15)20(17,18)16-10-14(2)5-7-19-8-6-14/h3-4,9,16H,5-8,10,15H2,1-2H3. The van der Waals surface area contributed by atoms with Crippen LogP contribution in [0.15, 0.2) is 23.1 Å². The SMILES string of the molecule is Cc1cc(S(=O)(=O)NCC2(C)CCOCC2)ccc1N. The number of hydrogen-bond donors (Lipinski definition) is 2. The summed E-state index contributed by atoms with van der Waals surface area (Å²) >= 11 is 0. The number of nitrogens with two attached hydrogens (primary N) is 1. The van der Waals surface area contributed by atoms with Crippen LogP contribution in [0, 0.1) is 12.3 Å². The first-order valence-electron chi connectivity index (χ1n) is 6.76. The lowest BCUT2D eigenvalue weighted by molar-refractivity contribution is 0.0265. The maximum atomic E-state index is 12.3. The van der Waals surface area contributed by atoms with Crippen molar-refractivity contribution in [3.05, 3.63) is 23.8 Å². The summed E-state index contributed by atoms with van der Waals surface area (Å²) < 4.78 is 32.6. The molecule has 5 nitrogen and oxygen atoms in total. The van der Waals surface area contributed by atoms with Crippen molar-refractivity contribution in [2.24, 2.45) is 5.41 Å². The minimum atomic E-state index is -3.48. The van der Waals surface area contributed by atoms with Crippen molar-refractivity contribution in [2.45, 2.75) is 31.6 Å². The van der Waals surface area contributed by atoms with Gasteiger partial charge in [-0.1, -0.05) is 6.92 Å². The lowest BCUT2D eigenvalue weighted by Crippen LogP contribution is -2.39. The first-order valence-corrected chi connectivity index (χ1v) is 8.24. The van der Waals surface area contributed by atoms with Crippen molar-refractivity contribution in [1.29, 1.82) is 0 Å². The minimum absolute atomic E-state index is 0.0336. The molecule has 0 atom stereocenters. The van der Waals surface area contributed by atoms with Crippen LogP contribution in [0.1, 0.15) is 25.3 Å². The van der Waals surface area contributed by atoms with Gasteiger partial charge in [0, 0.05) is 25.4 Å². The molecule has 0 amide bonds. The van der Waals surface area contributed by atoms with E-state index in [0.717, 1.165) is 18.4 Å². The van der Waals surface area contributed by atoms with Crippen molar-refractivity contribution in [3.63, 3.8) is 0 Å². The quantitative estimate of drug-likeness (QED) is 0.829. The van der Waals surface area contributed by atoms with Gasteiger partial charge in [-0.3, -0.25) is 0 Å². The van der Waals surface area contributed by atoms with Crippen LogP contribution in [0.5, 0.6) is 0 Å². The van der Waals surface area contributed by atoms with Gasteiger partial charge in [-0.25, -0.2) is 13.1 Å². The Labute approximate surface area is 120 Å². The number of anilines is 1. The predicted molar refractivity (Wildman–Crippen MR) is 78.9 cm³/mol. The summed E-state index contributed by atoms with van der Waals surface area (Å²) in [6, 6.07) is 4.76. The zero-order chi connectivity index (χ0) is 14.8. The molecule has 1 fully saturated rings. The smallest absolute Gasteiger partial charge is 0.240 e. The van der Waals surface area contributed by atoms with E-state index in [2.05, 4.69) is 11.6 Å². The average molecular weight is 298 g/mol. The molecule has 0 aromatic heterocycles. The third-order valence-corrected chi connectivity index (χ3v) is 5.34. The molecule has 6 heteroatoms. The molecule has 1 aromatic carbocycles. The zero-order valence-electron chi connectivity index (χ0n) is 12.0. The first kappa shape index (κ1) is 15.3. The third kappa shape index (κ3) is 3.50. The van der Waals surface area contributed by atoms with Crippen molar-refractivity contribution in [1.82, 2.24) is 4.72 Å². The fourth-order valence-corrected chi connectivity index (χ4v) is 3.49. The highest BCUT2D eigenvalue weighted by molar-refractivity contribution is 7.89. The molecule has 0 saturated carbocycles. The summed E-state index contributed by atoms with van der Waals surface area (Å²) in [6.45, 7) is 5.71. The molecule has 1 aliphatic rings. The zero-order valence-corrected chi connectivity index (χ0v) is 12.8. The van der Waals surface area contributed by atoms with Crippen molar-refractivity contribution in [2.75, 3.05) is 25.5 Å². The van der Waals surface area contributed by atoms with E-state index in [0.29, 0.717) is 25.4 Å². The summed E-state index contributed by atoms with van der Waals surface area (Å²) in [4.78, 5) is 0.264. The van der Waals surface area contributed by atoms with E-state index >= 15 is 0 Å². The van der Waals surface area contributed by atoms with Crippen LogP contribution in [-0.2, 0) is 14.8 Å². The summed E-state index contributed by atoms with van der Waals surface area (Å²) in [5.41, 5.74) is 7.05. The summed E-state index contributed by atoms with van der Waals surface area (Å²) in [6.07, 6.45) is 1.74. The van der Waals surface area contributed by atoms with Gasteiger partial charge in [0.25, 0.3) is 0 Å². The van der Waals surface area contributed by atoms with Gasteiger partial charge in [0.05, 0.1) is 4.90 Å². The Morgan fingerprint density at radius 1 is 1.35 bits per heavy atom. The second-order valence-electron chi connectivity index (χ2n) is 5.77. The Bertz CT molecular complexity index is 578. The Hall–Kier alpha value is -1.11. The molecule has 0 spiro atoms. The first-order chi connectivity index (χ1) is 9.32. The van der Waals surface area contributed by atoms with Gasteiger partial charge in [-0.05, 0) is 48.9 Å². The van der Waals surface area contributed by atoms with Crippen LogP contribution in [0.2, 0.25) is 0 Å². The predicted octanol–water partition coefficient (Wildman–Crippen LogP) is 1.67. The highest BCUT2D eigenvalue weighted by Gasteiger charge is 2.29. The molecule has 0 aliphatic carbocycles. The Kier molecular flexibility index (Phi) is 4.36. The van der Waals surface area contributed by atoms with Crippen LogP contribution < -0.4 is 10.5 Å². The van der Waals surface area contributed by atoms with Crippen molar-refractivity contribution in [3.8, 4) is 0 Å². The molecule has 0 radical (unpaired) electrons. The lowest BCUT2D eigenvalue weighted by Gasteiger charge is -2.33. The largest absolute Gasteiger partial charge is 0.399 e. The van der Waals surface area contributed by atoms with E-state index in [-0.39, 0.29) is 10.3 Å². The average Bonchev–Trinajstić information content (AvgIpc) is 2.41. The highest BCUT2D eigenvalue weighted by Crippen LogP contribution is 2.29. The number of sulfonamides is 1. The maximum Gasteiger partial charge on any atom is 0.240 e. The molecule has 3 N–H and O–H groups in total. The number of rotatable bonds is 4. The van der Waals surface area contributed by atoms with E-state index in [4.69, 9.17) is 10.5 Å². The monoisotopic (exact) mass is 298 g/mol. The minimum Gasteiger partial charge on any atom is -0.399 e. The number of nitrogens with one attached hydrogen (secondary N) is 1. The molecule has 1 aliphatic heterocycles. The van der Waals surface area contributed by atoms with E-state index in [1.54, 1.807) is 19.1 Å². The third-order valence-electron chi connectivity index (χ3n) is 3.94. The normalized spacial score (nSPS) is 18.9. The molecule has 1 aromatic rings. The van der Waals surface area contributed by atoms with Gasteiger partial charge in [0.15, 0.2) is 0 Å². The lowest BCUT2D eigenvalue weighted by atomic mass is 9.83. The van der Waals surface area contributed by atoms with Crippen LogP contribution in [0.4, 0.5) is 5.69 Å². The fourth-order valence-electron chi connectivity index (χ4n) is 2.21. The van der Waals surface area contributed by atoms with Crippen LogP contribution in [0.25, 0.3) is 0 Å². The molecular formula is C14H22N2O3S. The van der Waals surface area contributed by atoms with Gasteiger partial charge in [0.1, 0.15) is 0 Å². The van der Waals surface area contributed by atoms with Gasteiger partial charge < -0.3 is 10.5 Å². The topological polar surface area (TPSA) is 81.4 Å². The van der Waals surface area contributed by atoms with Gasteiger partial charge in [-0.2, -0.15) is 0 Å². The Morgan fingerprint density at radius 2 is 2.00 bits per heavy atom. The highest BCUT2D eigenvalue weighted by atomic mass is 32.2. The number of hydrogen-bond acceptors (Lipinski definition) is 4. The second kappa shape index (κ2) is 5.71. The number of nitrogen functional groups attached to an aromatic ring is 1. The van der Waals surface area contributed by atoms with Gasteiger partial charge in [0.2, 0.25) is 10.0 Å². The summed E-state index contributed by atoms with van der Waals surface area (Å²) in [5, 5.41) is 0. The van der Waals surface area contributed by atoms with Crippen molar-refractivity contribution >= 4 is 15.7 Å². The number of benzene rings is 1. The second-order valence-corrected chi connectivity index (χ2v) is 7.53. The van der Waals surface area contributed by atoms with E-state index < -0.39 is 10.0 Å². The molecule has 1 heterocycles. The molecule has 0 bridgehead atoms. The molecule has 2 rings (SSSR count). The van der Waals surface area contributed by atoms with Gasteiger partial charge in [-0.15, -0.1) is 0 Å². The van der Waals surface area contributed by atoms with Crippen LogP contribution in [0.3, 0.4) is 0 Å². The van der Waals surface area contributed by atoms with Gasteiger partial charge >= 0.3 is 0 Å². The Balaban J connectivity index is 2.09. The molecule has 1 saturated heterocycles.